The molecule has 3 rings (SSSR count). The van der Waals surface area contributed by atoms with E-state index in [4.69, 9.17) is 4.74 Å². The summed E-state index contributed by atoms with van der Waals surface area (Å²) in [6.07, 6.45) is 7.98. The van der Waals surface area contributed by atoms with Gasteiger partial charge in [-0.15, -0.1) is 0 Å². The molecule has 3 atom stereocenters. The van der Waals surface area contributed by atoms with Crippen LogP contribution in [0, 0.1) is 11.3 Å². The van der Waals surface area contributed by atoms with Gasteiger partial charge in [0.05, 0.1) is 12.3 Å². The van der Waals surface area contributed by atoms with E-state index in [9.17, 15) is 0 Å². The van der Waals surface area contributed by atoms with Crippen LogP contribution in [0.1, 0.15) is 51.5 Å². The zero-order chi connectivity index (χ0) is 18.7. The molecule has 0 aromatic carbocycles. The van der Waals surface area contributed by atoms with Crippen molar-refractivity contribution in [2.45, 2.75) is 52.1 Å². The minimum absolute atomic E-state index is 0.176. The van der Waals surface area contributed by atoms with Crippen LogP contribution in [-0.4, -0.2) is 60.0 Å². The molecule has 6 nitrogen and oxygen atoms in total. The van der Waals surface area contributed by atoms with E-state index in [1.165, 1.54) is 12.0 Å². The molecule has 6 heteroatoms. The highest BCUT2D eigenvalue weighted by Gasteiger charge is 2.35. The normalized spacial score (nSPS) is 27.8. The van der Waals surface area contributed by atoms with Crippen molar-refractivity contribution in [3.8, 4) is 0 Å². The van der Waals surface area contributed by atoms with Crippen molar-refractivity contribution in [1.82, 2.24) is 20.0 Å². The summed E-state index contributed by atoms with van der Waals surface area (Å²) in [5.41, 5.74) is 1.51. The van der Waals surface area contributed by atoms with Gasteiger partial charge in [-0.1, -0.05) is 20.8 Å². The Balaban J connectivity index is 1.56. The standard InChI is InChI=1S/C20H35N5O/c1-20(2,3)18-15(7-6-10-26-18)11-22-19(21-4)25-9-8-16(14-25)17-12-23-24(5)13-17/h12-13,15-16,18H,6-11,14H2,1-5H3,(H,21,22). The molecule has 0 spiro atoms. The van der Waals surface area contributed by atoms with Crippen molar-refractivity contribution in [2.75, 3.05) is 33.3 Å². The zero-order valence-electron chi connectivity index (χ0n) is 17.0. The molecule has 2 fully saturated rings. The molecule has 3 heterocycles. The van der Waals surface area contributed by atoms with Gasteiger partial charge in [0.2, 0.25) is 0 Å². The lowest BCUT2D eigenvalue weighted by atomic mass is 9.78. The molecule has 146 valence electrons. The minimum atomic E-state index is 0.176. The third kappa shape index (κ3) is 4.40. The third-order valence-corrected chi connectivity index (χ3v) is 5.72. The van der Waals surface area contributed by atoms with E-state index in [2.05, 4.69) is 47.3 Å². The van der Waals surface area contributed by atoms with E-state index >= 15 is 0 Å². The maximum Gasteiger partial charge on any atom is 0.193 e. The highest BCUT2D eigenvalue weighted by Crippen LogP contribution is 2.34. The Kier molecular flexibility index (Phi) is 5.90. The molecule has 0 saturated carbocycles. The first-order valence-corrected chi connectivity index (χ1v) is 9.94. The number of nitrogens with one attached hydrogen (secondary N) is 1. The first-order valence-electron chi connectivity index (χ1n) is 9.94. The number of likely N-dealkylation sites (tertiary alicyclic amines) is 1. The van der Waals surface area contributed by atoms with Gasteiger partial charge in [-0.2, -0.15) is 5.10 Å². The van der Waals surface area contributed by atoms with Gasteiger partial charge >= 0.3 is 0 Å². The topological polar surface area (TPSA) is 54.7 Å². The van der Waals surface area contributed by atoms with Crippen LogP contribution in [0.15, 0.2) is 17.4 Å². The molecule has 3 unspecified atom stereocenters. The number of nitrogens with zero attached hydrogens (tertiary/aromatic N) is 4. The maximum absolute atomic E-state index is 6.12. The predicted molar refractivity (Wildman–Crippen MR) is 105 cm³/mol. The van der Waals surface area contributed by atoms with E-state index < -0.39 is 0 Å². The van der Waals surface area contributed by atoms with E-state index in [0.717, 1.165) is 45.0 Å². The predicted octanol–water partition coefficient (Wildman–Crippen LogP) is 2.63. The van der Waals surface area contributed by atoms with Crippen LogP contribution in [0.2, 0.25) is 0 Å². The molecule has 2 saturated heterocycles. The first kappa shape index (κ1) is 19.2. The Labute approximate surface area is 158 Å². The van der Waals surface area contributed by atoms with Gasteiger partial charge in [0.25, 0.3) is 0 Å². The second-order valence-corrected chi connectivity index (χ2v) is 8.87. The molecule has 0 amide bonds. The Morgan fingerprint density at radius 2 is 2.19 bits per heavy atom. The summed E-state index contributed by atoms with van der Waals surface area (Å²) in [5, 5.41) is 7.95. The molecule has 2 aliphatic heterocycles. The van der Waals surface area contributed by atoms with Crippen LogP contribution in [0.25, 0.3) is 0 Å². The number of hydrogen-bond acceptors (Lipinski definition) is 3. The zero-order valence-corrected chi connectivity index (χ0v) is 17.0. The maximum atomic E-state index is 6.12. The lowest BCUT2D eigenvalue weighted by Crippen LogP contribution is -2.48. The van der Waals surface area contributed by atoms with Crippen LogP contribution in [0.5, 0.6) is 0 Å². The number of ether oxygens (including phenoxy) is 1. The first-order chi connectivity index (χ1) is 12.4. The molecule has 2 aliphatic rings. The molecule has 0 radical (unpaired) electrons. The van der Waals surface area contributed by atoms with Crippen LogP contribution in [0.4, 0.5) is 0 Å². The minimum Gasteiger partial charge on any atom is -0.377 e. The van der Waals surface area contributed by atoms with E-state index in [0.29, 0.717) is 17.9 Å². The Morgan fingerprint density at radius 1 is 1.38 bits per heavy atom. The summed E-state index contributed by atoms with van der Waals surface area (Å²) in [6.45, 7) is 10.7. The van der Waals surface area contributed by atoms with Crippen molar-refractivity contribution in [3.05, 3.63) is 18.0 Å². The largest absolute Gasteiger partial charge is 0.377 e. The summed E-state index contributed by atoms with van der Waals surface area (Å²) < 4.78 is 8.01. The Bertz CT molecular complexity index is 618. The Morgan fingerprint density at radius 3 is 2.85 bits per heavy atom. The smallest absolute Gasteiger partial charge is 0.193 e. The Hall–Kier alpha value is -1.56. The average Bonchev–Trinajstić information content (AvgIpc) is 3.24. The number of aromatic nitrogens is 2. The molecule has 1 N–H and O–H groups in total. The van der Waals surface area contributed by atoms with Gasteiger partial charge in [0.1, 0.15) is 0 Å². The summed E-state index contributed by atoms with van der Waals surface area (Å²) in [6, 6.07) is 0. The van der Waals surface area contributed by atoms with Crippen molar-refractivity contribution in [2.24, 2.45) is 23.4 Å². The fourth-order valence-electron chi connectivity index (χ4n) is 4.44. The molecule has 0 bridgehead atoms. The van der Waals surface area contributed by atoms with Crippen LogP contribution >= 0.6 is 0 Å². The monoisotopic (exact) mass is 361 g/mol. The molecule has 1 aromatic rings. The molecule has 0 aliphatic carbocycles. The van der Waals surface area contributed by atoms with Crippen molar-refractivity contribution in [3.63, 3.8) is 0 Å². The summed E-state index contributed by atoms with van der Waals surface area (Å²) in [7, 11) is 3.87. The molecular formula is C20H35N5O. The highest BCUT2D eigenvalue weighted by atomic mass is 16.5. The van der Waals surface area contributed by atoms with Gasteiger partial charge in [-0.25, -0.2) is 0 Å². The highest BCUT2D eigenvalue weighted by molar-refractivity contribution is 5.80. The lowest BCUT2D eigenvalue weighted by molar-refractivity contribution is -0.0836. The van der Waals surface area contributed by atoms with Crippen molar-refractivity contribution < 1.29 is 4.74 Å². The van der Waals surface area contributed by atoms with E-state index in [1.54, 1.807) is 0 Å². The SMILES string of the molecule is CN=C(NCC1CCCOC1C(C)(C)C)N1CCC(c2cnn(C)c2)C1. The molecule has 1 aromatic heterocycles. The fraction of sp³-hybridized carbons (Fsp3) is 0.800. The quantitative estimate of drug-likeness (QED) is 0.664. The van der Waals surface area contributed by atoms with Crippen molar-refractivity contribution in [1.29, 1.82) is 0 Å². The summed E-state index contributed by atoms with van der Waals surface area (Å²) >= 11 is 0. The average molecular weight is 362 g/mol. The number of aliphatic imine (C=N–C) groups is 1. The summed E-state index contributed by atoms with van der Waals surface area (Å²) in [4.78, 5) is 6.93. The van der Waals surface area contributed by atoms with E-state index in [1.807, 2.05) is 25.0 Å². The number of guanidine groups is 1. The second kappa shape index (κ2) is 7.99. The van der Waals surface area contributed by atoms with Gasteiger partial charge in [-0.3, -0.25) is 9.67 Å². The third-order valence-electron chi connectivity index (χ3n) is 5.72. The van der Waals surface area contributed by atoms with Gasteiger partial charge in [0.15, 0.2) is 5.96 Å². The van der Waals surface area contributed by atoms with Crippen LogP contribution < -0.4 is 5.32 Å². The van der Waals surface area contributed by atoms with Crippen molar-refractivity contribution >= 4 is 5.96 Å². The van der Waals surface area contributed by atoms with Crippen LogP contribution in [0.3, 0.4) is 0 Å². The lowest BCUT2D eigenvalue weighted by Gasteiger charge is -2.40. The second-order valence-electron chi connectivity index (χ2n) is 8.87. The van der Waals surface area contributed by atoms with Crippen LogP contribution in [-0.2, 0) is 11.8 Å². The van der Waals surface area contributed by atoms with Gasteiger partial charge in [-0.05, 0) is 30.2 Å². The molecular weight excluding hydrogens is 326 g/mol. The van der Waals surface area contributed by atoms with E-state index in [-0.39, 0.29) is 5.41 Å². The number of aryl methyl sites for hydroxylation is 1. The van der Waals surface area contributed by atoms with Gasteiger partial charge in [0, 0.05) is 58.4 Å². The number of hydrogen-bond donors (Lipinski definition) is 1. The van der Waals surface area contributed by atoms with Gasteiger partial charge < -0.3 is 15.0 Å². The number of rotatable bonds is 3. The molecule has 26 heavy (non-hydrogen) atoms. The fourth-order valence-corrected chi connectivity index (χ4v) is 4.44. The summed E-state index contributed by atoms with van der Waals surface area (Å²) in [5.74, 6) is 2.11.